The summed E-state index contributed by atoms with van der Waals surface area (Å²) in [6.45, 7) is 0. The van der Waals surface area contributed by atoms with Crippen LogP contribution in [0.2, 0.25) is 0 Å². The molecule has 0 saturated heterocycles. The Morgan fingerprint density at radius 1 is 0.500 bits per heavy atom. The number of anilines is 2. The van der Waals surface area contributed by atoms with Gasteiger partial charge < -0.3 is 4.57 Å². The van der Waals surface area contributed by atoms with E-state index in [2.05, 4.69) is 47.0 Å². The number of fused-ring (bicyclic) bond motifs is 8. The molecule has 0 aliphatic carbocycles. The summed E-state index contributed by atoms with van der Waals surface area (Å²) < 4.78 is 34.6. The number of aromatic nitrogens is 3. The minimum atomic E-state index is -4.02. The van der Waals surface area contributed by atoms with Gasteiger partial charge in [-0.2, -0.15) is 0 Å². The molecule has 1 aliphatic rings. The minimum Gasteiger partial charge on any atom is -0.309 e. The van der Waals surface area contributed by atoms with Crippen molar-refractivity contribution < 1.29 is 8.42 Å². The van der Waals surface area contributed by atoms with Crippen molar-refractivity contribution in [3.8, 4) is 22.5 Å². The fourth-order valence-electron chi connectivity index (χ4n) is 6.50. The summed E-state index contributed by atoms with van der Waals surface area (Å²) in [7, 11) is -4.02. The largest absolute Gasteiger partial charge is 0.309 e. The second-order valence-electron chi connectivity index (χ2n) is 10.9. The molecule has 0 bridgehead atoms. The average molecular weight is 589 g/mol. The lowest BCUT2D eigenvalue weighted by Gasteiger charge is -2.30. The number of nitrogens with zero attached hydrogens (tertiary/aromatic N) is 4. The van der Waals surface area contributed by atoms with Crippen LogP contribution < -0.4 is 4.31 Å². The Balaban J connectivity index is 1.32. The zero-order chi connectivity index (χ0) is 29.4. The summed E-state index contributed by atoms with van der Waals surface area (Å²) in [5.41, 5.74) is 7.75. The smallest absolute Gasteiger partial charge is 0.273 e. The van der Waals surface area contributed by atoms with Crippen molar-refractivity contribution in [2.75, 3.05) is 4.31 Å². The summed E-state index contributed by atoms with van der Waals surface area (Å²) in [5, 5.41) is 2.21. The Morgan fingerprint density at radius 2 is 1.18 bits per heavy atom. The lowest BCUT2D eigenvalue weighted by molar-refractivity contribution is 0.592. The van der Waals surface area contributed by atoms with Crippen LogP contribution in [-0.4, -0.2) is 22.5 Å². The molecule has 9 rings (SSSR count). The lowest BCUT2D eigenvalue weighted by Crippen LogP contribution is -2.33. The zero-order valence-electron chi connectivity index (χ0n) is 23.4. The SMILES string of the molecule is O=S1(=O)c2cc(-n3c4ccccc4c4cc(-c5ccccc5)ccc43)ccc2-n2c(nc3ccccc32)N1c1ccccc1. The maximum absolute atomic E-state index is 14.6. The Hall–Kier alpha value is -5.66. The van der Waals surface area contributed by atoms with Gasteiger partial charge >= 0.3 is 0 Å². The fourth-order valence-corrected chi connectivity index (χ4v) is 8.13. The highest BCUT2D eigenvalue weighted by atomic mass is 32.2. The zero-order valence-corrected chi connectivity index (χ0v) is 24.2. The van der Waals surface area contributed by atoms with Crippen LogP contribution >= 0.6 is 0 Å². The van der Waals surface area contributed by atoms with Crippen molar-refractivity contribution in [2.24, 2.45) is 0 Å². The van der Waals surface area contributed by atoms with Crippen LogP contribution in [0.5, 0.6) is 0 Å². The average Bonchev–Trinajstić information content (AvgIpc) is 3.61. The molecule has 0 spiro atoms. The standard InChI is InChI=1S/C37H24N4O2S/c42-44(43)36-24-28(39-32-17-9-7-15-29(32)30-23-26(19-21-33(30)39)25-11-3-1-4-12-25)20-22-35(36)40-34-18-10-8-16-31(34)38-37(40)41(44)27-13-5-2-6-14-27/h1-24H. The lowest BCUT2D eigenvalue weighted by atomic mass is 10.0. The molecule has 210 valence electrons. The monoisotopic (exact) mass is 588 g/mol. The Labute approximate surface area is 253 Å². The molecule has 44 heavy (non-hydrogen) atoms. The highest BCUT2D eigenvalue weighted by Crippen LogP contribution is 2.44. The summed E-state index contributed by atoms with van der Waals surface area (Å²) in [6, 6.07) is 47.7. The molecule has 0 amide bonds. The third kappa shape index (κ3) is 3.47. The van der Waals surface area contributed by atoms with Gasteiger partial charge in [0.2, 0.25) is 5.95 Å². The third-order valence-corrected chi connectivity index (χ3v) is 10.2. The first-order chi connectivity index (χ1) is 21.6. The Morgan fingerprint density at radius 3 is 2.00 bits per heavy atom. The van der Waals surface area contributed by atoms with Crippen LogP contribution in [0.3, 0.4) is 0 Å². The van der Waals surface area contributed by atoms with Gasteiger partial charge in [0.25, 0.3) is 10.0 Å². The molecule has 7 heteroatoms. The second kappa shape index (κ2) is 9.17. The molecule has 6 aromatic carbocycles. The quantitative estimate of drug-likeness (QED) is 0.208. The molecule has 0 atom stereocenters. The van der Waals surface area contributed by atoms with Gasteiger partial charge in [0, 0.05) is 16.5 Å². The van der Waals surface area contributed by atoms with Crippen LogP contribution in [0.4, 0.5) is 11.6 Å². The van der Waals surface area contributed by atoms with Crippen molar-refractivity contribution in [3.63, 3.8) is 0 Å². The van der Waals surface area contributed by atoms with Crippen molar-refractivity contribution >= 4 is 54.5 Å². The Kier molecular flexibility index (Phi) is 5.19. The normalized spacial score (nSPS) is 13.8. The fraction of sp³-hybridized carbons (Fsp3) is 0. The van der Waals surface area contributed by atoms with Crippen molar-refractivity contribution in [1.82, 2.24) is 14.1 Å². The van der Waals surface area contributed by atoms with Crippen LogP contribution in [0.25, 0.3) is 55.3 Å². The van der Waals surface area contributed by atoms with Crippen molar-refractivity contribution in [1.29, 1.82) is 0 Å². The minimum absolute atomic E-state index is 0.223. The predicted octanol–water partition coefficient (Wildman–Crippen LogP) is 8.63. The number of hydrogen-bond acceptors (Lipinski definition) is 3. The maximum Gasteiger partial charge on any atom is 0.273 e. The number of hydrogen-bond donors (Lipinski definition) is 0. The maximum atomic E-state index is 14.6. The van der Waals surface area contributed by atoms with Crippen LogP contribution in [0.15, 0.2) is 150 Å². The summed E-state index contributed by atoms with van der Waals surface area (Å²) in [6.07, 6.45) is 0. The molecule has 0 N–H and O–H groups in total. The van der Waals surface area contributed by atoms with E-state index in [0.717, 1.165) is 49.7 Å². The molecule has 6 nitrogen and oxygen atoms in total. The second-order valence-corrected chi connectivity index (χ2v) is 12.7. The van der Waals surface area contributed by atoms with Gasteiger partial charge in [0.15, 0.2) is 0 Å². The van der Waals surface area contributed by atoms with Gasteiger partial charge in [-0.15, -0.1) is 0 Å². The molecule has 0 fully saturated rings. The molecular formula is C37H24N4O2S. The molecule has 0 saturated carbocycles. The first-order valence-electron chi connectivity index (χ1n) is 14.4. The van der Waals surface area contributed by atoms with Gasteiger partial charge in [-0.1, -0.05) is 84.9 Å². The van der Waals surface area contributed by atoms with Crippen LogP contribution in [0.1, 0.15) is 0 Å². The number of sulfonamides is 1. The number of para-hydroxylation sites is 4. The van der Waals surface area contributed by atoms with Crippen LogP contribution in [-0.2, 0) is 10.0 Å². The first-order valence-corrected chi connectivity index (χ1v) is 15.8. The van der Waals surface area contributed by atoms with E-state index in [4.69, 9.17) is 4.98 Å². The van der Waals surface area contributed by atoms with Gasteiger partial charge in [0.1, 0.15) is 4.90 Å². The number of imidazole rings is 1. The van der Waals surface area contributed by atoms with E-state index < -0.39 is 10.0 Å². The van der Waals surface area contributed by atoms with Crippen LogP contribution in [0, 0.1) is 0 Å². The first kappa shape index (κ1) is 24.9. The molecule has 0 unspecified atom stereocenters. The van der Waals surface area contributed by atoms with E-state index in [1.165, 1.54) is 4.31 Å². The highest BCUT2D eigenvalue weighted by molar-refractivity contribution is 7.93. The van der Waals surface area contributed by atoms with Gasteiger partial charge in [-0.05, 0) is 71.8 Å². The van der Waals surface area contributed by atoms with E-state index in [0.29, 0.717) is 17.3 Å². The highest BCUT2D eigenvalue weighted by Gasteiger charge is 2.39. The van der Waals surface area contributed by atoms with E-state index in [9.17, 15) is 8.42 Å². The number of rotatable bonds is 3. The molecule has 2 aromatic heterocycles. The van der Waals surface area contributed by atoms with E-state index in [1.54, 1.807) is 18.2 Å². The third-order valence-electron chi connectivity index (χ3n) is 8.46. The van der Waals surface area contributed by atoms with E-state index in [-0.39, 0.29) is 4.90 Å². The Bertz CT molecular complexity index is 2520. The van der Waals surface area contributed by atoms with Gasteiger partial charge in [-0.25, -0.2) is 17.7 Å². The molecule has 1 aliphatic heterocycles. The topological polar surface area (TPSA) is 60.1 Å². The summed E-state index contributed by atoms with van der Waals surface area (Å²) in [5.74, 6) is 0.350. The summed E-state index contributed by atoms with van der Waals surface area (Å²) in [4.78, 5) is 5.02. The molecule has 0 radical (unpaired) electrons. The van der Waals surface area contributed by atoms with E-state index >= 15 is 0 Å². The predicted molar refractivity (Wildman–Crippen MR) is 177 cm³/mol. The van der Waals surface area contributed by atoms with Gasteiger partial charge in [0.05, 0.1) is 33.4 Å². The molecule has 3 heterocycles. The van der Waals surface area contributed by atoms with Gasteiger partial charge in [-0.3, -0.25) is 4.57 Å². The molecule has 8 aromatic rings. The number of benzene rings is 6. The van der Waals surface area contributed by atoms with Crippen molar-refractivity contribution in [2.45, 2.75) is 4.90 Å². The molecular weight excluding hydrogens is 565 g/mol. The van der Waals surface area contributed by atoms with E-state index in [1.807, 2.05) is 89.5 Å². The van der Waals surface area contributed by atoms with Crippen molar-refractivity contribution in [3.05, 3.63) is 146 Å². The summed E-state index contributed by atoms with van der Waals surface area (Å²) >= 11 is 0.